The van der Waals surface area contributed by atoms with Gasteiger partial charge in [-0.3, -0.25) is 9.59 Å². The first-order valence-electron chi connectivity index (χ1n) is 13.8. The van der Waals surface area contributed by atoms with E-state index in [4.69, 9.17) is 0 Å². The smallest absolute Gasteiger partial charge is 0.255 e. The Bertz CT molecular complexity index is 1710. The zero-order valence-electron chi connectivity index (χ0n) is 23.2. The Morgan fingerprint density at radius 2 is 1.52 bits per heavy atom. The van der Waals surface area contributed by atoms with Gasteiger partial charge in [0.25, 0.3) is 5.91 Å². The number of nitrogens with zero attached hydrogens (tertiary/aromatic N) is 1. The van der Waals surface area contributed by atoms with Crippen LogP contribution in [0.2, 0.25) is 0 Å². The van der Waals surface area contributed by atoms with E-state index in [9.17, 15) is 9.59 Å². The molecule has 40 heavy (non-hydrogen) atoms. The number of aromatic amines is 1. The van der Waals surface area contributed by atoms with Crippen molar-refractivity contribution in [3.63, 3.8) is 0 Å². The van der Waals surface area contributed by atoms with Crippen molar-refractivity contribution in [2.75, 3.05) is 5.32 Å². The van der Waals surface area contributed by atoms with Crippen LogP contribution in [0.4, 0.5) is 5.69 Å². The second kappa shape index (κ2) is 10.2. The van der Waals surface area contributed by atoms with E-state index < -0.39 is 12.1 Å². The Labute approximate surface area is 234 Å². The van der Waals surface area contributed by atoms with Crippen LogP contribution in [0.25, 0.3) is 22.2 Å². The van der Waals surface area contributed by atoms with Gasteiger partial charge in [-0.1, -0.05) is 92.2 Å². The Hall–Kier alpha value is -4.64. The highest BCUT2D eigenvalue weighted by Crippen LogP contribution is 2.46. The molecule has 5 heteroatoms. The van der Waals surface area contributed by atoms with E-state index >= 15 is 0 Å². The Morgan fingerprint density at radius 3 is 2.25 bits per heavy atom. The van der Waals surface area contributed by atoms with Crippen molar-refractivity contribution in [1.82, 2.24) is 9.88 Å². The van der Waals surface area contributed by atoms with Gasteiger partial charge in [0, 0.05) is 27.7 Å². The molecule has 2 unspecified atom stereocenters. The van der Waals surface area contributed by atoms with E-state index in [0.717, 1.165) is 39.0 Å². The van der Waals surface area contributed by atoms with Crippen LogP contribution in [0.15, 0.2) is 97.1 Å². The number of benzene rings is 4. The summed E-state index contributed by atoms with van der Waals surface area (Å²) in [7, 11) is 0. The van der Waals surface area contributed by atoms with Crippen molar-refractivity contribution in [3.8, 4) is 11.3 Å². The van der Waals surface area contributed by atoms with Gasteiger partial charge in [0.15, 0.2) is 0 Å². The first-order valence-corrected chi connectivity index (χ1v) is 13.8. The van der Waals surface area contributed by atoms with Gasteiger partial charge in [0.05, 0.1) is 11.7 Å². The summed E-state index contributed by atoms with van der Waals surface area (Å²) in [5, 5.41) is 4.08. The number of fused-ring (bicyclic) bond motifs is 2. The summed E-state index contributed by atoms with van der Waals surface area (Å²) < 4.78 is 0. The minimum atomic E-state index is -0.714. The fraction of sp³-hybridized carbons (Fsp3) is 0.200. The number of H-pyrrole nitrogens is 1. The molecule has 0 radical (unpaired) electrons. The molecule has 1 aromatic heterocycles. The molecule has 1 aliphatic heterocycles. The van der Waals surface area contributed by atoms with Crippen LogP contribution < -0.4 is 5.32 Å². The highest BCUT2D eigenvalue weighted by atomic mass is 16.2. The van der Waals surface area contributed by atoms with Gasteiger partial charge in [-0.25, -0.2) is 0 Å². The number of aromatic nitrogens is 1. The SMILES string of the molecule is Cc1ccc(-c2[nH]c3ccccc3c2C2c3ccccc3C(=O)N2C(C)C(=O)Nc2ccc(C(C)C)cc2)cc1. The second-order valence-corrected chi connectivity index (χ2v) is 11.0. The summed E-state index contributed by atoms with van der Waals surface area (Å²) in [6, 6.07) is 31.0. The van der Waals surface area contributed by atoms with Crippen LogP contribution in [-0.2, 0) is 4.79 Å². The molecule has 0 saturated heterocycles. The predicted molar refractivity (Wildman–Crippen MR) is 162 cm³/mol. The summed E-state index contributed by atoms with van der Waals surface area (Å²) >= 11 is 0. The number of carbonyl (C=O) groups excluding carboxylic acids is 2. The zero-order chi connectivity index (χ0) is 28.0. The Kier molecular flexibility index (Phi) is 6.51. The quantitative estimate of drug-likeness (QED) is 0.236. The van der Waals surface area contributed by atoms with Crippen molar-refractivity contribution in [1.29, 1.82) is 0 Å². The van der Waals surface area contributed by atoms with E-state index in [2.05, 4.69) is 67.5 Å². The van der Waals surface area contributed by atoms with Crippen molar-refractivity contribution in [2.45, 2.75) is 45.7 Å². The van der Waals surface area contributed by atoms with Gasteiger partial charge in [0.1, 0.15) is 6.04 Å². The Balaban J connectivity index is 1.46. The number of para-hydroxylation sites is 1. The van der Waals surface area contributed by atoms with Crippen molar-refractivity contribution in [3.05, 3.63) is 125 Å². The monoisotopic (exact) mass is 527 g/mol. The van der Waals surface area contributed by atoms with Crippen molar-refractivity contribution >= 4 is 28.4 Å². The number of nitrogens with one attached hydrogen (secondary N) is 2. The molecular formula is C35H33N3O2. The molecule has 5 aromatic rings. The lowest BCUT2D eigenvalue weighted by molar-refractivity contribution is -0.120. The first kappa shape index (κ1) is 25.6. The fourth-order valence-electron chi connectivity index (χ4n) is 5.75. The summed E-state index contributed by atoms with van der Waals surface area (Å²) in [5.74, 6) is 0.0442. The third-order valence-corrected chi connectivity index (χ3v) is 8.00. The van der Waals surface area contributed by atoms with E-state index in [0.29, 0.717) is 11.5 Å². The number of aryl methyl sites for hydroxylation is 1. The molecule has 0 fully saturated rings. The van der Waals surface area contributed by atoms with Crippen LogP contribution in [0.3, 0.4) is 0 Å². The molecule has 2 heterocycles. The molecule has 200 valence electrons. The maximum Gasteiger partial charge on any atom is 0.255 e. The largest absolute Gasteiger partial charge is 0.354 e. The van der Waals surface area contributed by atoms with E-state index in [1.165, 1.54) is 11.1 Å². The van der Waals surface area contributed by atoms with Gasteiger partial charge in [-0.2, -0.15) is 0 Å². The van der Waals surface area contributed by atoms with Crippen LogP contribution in [0, 0.1) is 6.92 Å². The van der Waals surface area contributed by atoms with Gasteiger partial charge in [-0.05, 0) is 60.7 Å². The molecule has 5 nitrogen and oxygen atoms in total. The van der Waals surface area contributed by atoms with Crippen LogP contribution in [-0.4, -0.2) is 27.7 Å². The summed E-state index contributed by atoms with van der Waals surface area (Å²) in [6.07, 6.45) is 0. The maximum atomic E-state index is 14.0. The third-order valence-electron chi connectivity index (χ3n) is 8.00. The minimum Gasteiger partial charge on any atom is -0.354 e. The number of hydrogen-bond donors (Lipinski definition) is 2. The molecule has 4 aromatic carbocycles. The number of anilines is 1. The lowest BCUT2D eigenvalue weighted by Crippen LogP contribution is -2.44. The molecule has 0 spiro atoms. The summed E-state index contributed by atoms with van der Waals surface area (Å²) in [4.78, 5) is 33.0. The maximum absolute atomic E-state index is 14.0. The third kappa shape index (κ3) is 4.37. The molecule has 2 N–H and O–H groups in total. The van der Waals surface area contributed by atoms with Crippen molar-refractivity contribution < 1.29 is 9.59 Å². The highest BCUT2D eigenvalue weighted by molar-refractivity contribution is 6.06. The molecular weight excluding hydrogens is 494 g/mol. The van der Waals surface area contributed by atoms with E-state index in [-0.39, 0.29) is 11.8 Å². The summed E-state index contributed by atoms with van der Waals surface area (Å²) in [6.45, 7) is 8.17. The van der Waals surface area contributed by atoms with Crippen LogP contribution in [0.5, 0.6) is 0 Å². The second-order valence-electron chi connectivity index (χ2n) is 11.0. The lowest BCUT2D eigenvalue weighted by Gasteiger charge is -2.31. The van der Waals surface area contributed by atoms with Crippen molar-refractivity contribution in [2.24, 2.45) is 0 Å². The zero-order valence-corrected chi connectivity index (χ0v) is 23.2. The normalized spacial score (nSPS) is 15.5. The lowest BCUT2D eigenvalue weighted by atomic mass is 9.92. The van der Waals surface area contributed by atoms with E-state index in [1.807, 2.05) is 67.6 Å². The number of amides is 2. The summed E-state index contributed by atoms with van der Waals surface area (Å²) in [5.41, 5.74) is 8.63. The minimum absolute atomic E-state index is 0.140. The molecule has 2 amide bonds. The van der Waals surface area contributed by atoms with Gasteiger partial charge < -0.3 is 15.2 Å². The standard InChI is InChI=1S/C35H33N3O2/c1-21(2)24-17-19-26(20-18-24)36-34(39)23(4)38-33(27-9-5-6-10-28(27)35(38)40)31-29-11-7-8-12-30(29)37-32(31)25-15-13-22(3)14-16-25/h5-21,23,33,37H,1-4H3,(H,36,39). The van der Waals surface area contributed by atoms with Crippen LogP contribution >= 0.6 is 0 Å². The molecule has 0 aliphatic carbocycles. The molecule has 6 rings (SSSR count). The first-order chi connectivity index (χ1) is 19.3. The average Bonchev–Trinajstić information content (AvgIpc) is 3.48. The topological polar surface area (TPSA) is 65.2 Å². The average molecular weight is 528 g/mol. The fourth-order valence-corrected chi connectivity index (χ4v) is 5.75. The predicted octanol–water partition coefficient (Wildman–Crippen LogP) is 7.84. The van der Waals surface area contributed by atoms with Gasteiger partial charge in [-0.15, -0.1) is 0 Å². The van der Waals surface area contributed by atoms with Gasteiger partial charge >= 0.3 is 0 Å². The number of rotatable bonds is 6. The molecule has 2 atom stereocenters. The Morgan fingerprint density at radius 1 is 0.850 bits per heavy atom. The number of carbonyl (C=O) groups is 2. The highest BCUT2D eigenvalue weighted by Gasteiger charge is 2.44. The van der Waals surface area contributed by atoms with Crippen LogP contribution in [0.1, 0.15) is 65.3 Å². The molecule has 1 aliphatic rings. The molecule has 0 saturated carbocycles. The van der Waals surface area contributed by atoms with E-state index in [1.54, 1.807) is 4.90 Å². The molecule has 0 bridgehead atoms. The number of hydrogen-bond acceptors (Lipinski definition) is 2. The van der Waals surface area contributed by atoms with Gasteiger partial charge in [0.2, 0.25) is 5.91 Å².